The van der Waals surface area contributed by atoms with E-state index in [0.717, 1.165) is 16.8 Å². The van der Waals surface area contributed by atoms with Crippen LogP contribution in [0.25, 0.3) is 22.1 Å². The van der Waals surface area contributed by atoms with E-state index in [4.69, 9.17) is 0 Å². The lowest BCUT2D eigenvalue weighted by molar-refractivity contribution is -0.144. The second-order valence-electron chi connectivity index (χ2n) is 9.90. The molecule has 1 aromatic carbocycles. The number of aromatic nitrogens is 4. The van der Waals surface area contributed by atoms with Crippen LogP contribution in [0.3, 0.4) is 0 Å². The van der Waals surface area contributed by atoms with Crippen molar-refractivity contribution in [3.63, 3.8) is 0 Å². The molecule has 0 radical (unpaired) electrons. The zero-order valence-corrected chi connectivity index (χ0v) is 21.1. The van der Waals surface area contributed by atoms with Crippen LogP contribution in [0.2, 0.25) is 0 Å². The molecule has 1 fully saturated rings. The third kappa shape index (κ3) is 4.66. The zero-order chi connectivity index (χ0) is 26.5. The summed E-state index contributed by atoms with van der Waals surface area (Å²) in [5.74, 6) is -1.01. The maximum atomic E-state index is 14.0. The molecule has 1 saturated heterocycles. The number of rotatable bonds is 5. The number of halogens is 1. The van der Waals surface area contributed by atoms with E-state index in [1.807, 2.05) is 45.0 Å². The smallest absolute Gasteiger partial charge is 0.265 e. The highest BCUT2D eigenvalue weighted by Gasteiger charge is 2.41. The molecule has 0 saturated carbocycles. The molecule has 4 heterocycles. The number of likely N-dealkylation sites (tertiary alicyclic amines) is 1. The fourth-order valence-electron chi connectivity index (χ4n) is 4.46. The number of hydrogen-bond donors (Lipinski definition) is 1. The minimum Gasteiger partial charge on any atom is -0.348 e. The molecule has 9 nitrogen and oxygen atoms in total. The van der Waals surface area contributed by atoms with Crippen LogP contribution in [0.4, 0.5) is 4.39 Å². The molecule has 1 aliphatic heterocycles. The van der Waals surface area contributed by atoms with Gasteiger partial charge in [-0.2, -0.15) is 0 Å². The van der Waals surface area contributed by atoms with E-state index < -0.39 is 23.0 Å². The predicted molar refractivity (Wildman–Crippen MR) is 137 cm³/mol. The summed E-state index contributed by atoms with van der Waals surface area (Å²) in [6.07, 6.45) is 1.50. The van der Waals surface area contributed by atoms with Crippen molar-refractivity contribution in [1.82, 2.24) is 29.7 Å². The second kappa shape index (κ2) is 9.02. The minimum atomic E-state index is -1.44. The standard InChI is InChI=1S/C27H27FN6O3/c1-15-5-7-18(8-6-15)10-30-25(36)20-9-19-23-21(31-16(2)17(3)32-23)11-29-24(19)34(26(20)37)12-22(35)33-13-27(4,28)14-33/h5-9,11H,10,12-14H2,1-4H3,(H,30,36). The van der Waals surface area contributed by atoms with Crippen molar-refractivity contribution in [2.75, 3.05) is 13.1 Å². The highest BCUT2D eigenvalue weighted by Crippen LogP contribution is 2.26. The van der Waals surface area contributed by atoms with Gasteiger partial charge in [0.1, 0.15) is 34.5 Å². The van der Waals surface area contributed by atoms with Gasteiger partial charge in [0.25, 0.3) is 11.5 Å². The summed E-state index contributed by atoms with van der Waals surface area (Å²) in [6.45, 7) is 6.81. The first kappa shape index (κ1) is 24.5. The summed E-state index contributed by atoms with van der Waals surface area (Å²) in [7, 11) is 0. The number of hydrogen-bond acceptors (Lipinski definition) is 6. The number of alkyl halides is 1. The van der Waals surface area contributed by atoms with Gasteiger partial charge < -0.3 is 10.2 Å². The van der Waals surface area contributed by atoms with Gasteiger partial charge in [-0.15, -0.1) is 0 Å². The van der Waals surface area contributed by atoms with Gasteiger partial charge >= 0.3 is 0 Å². The van der Waals surface area contributed by atoms with Gasteiger partial charge in [0, 0.05) is 11.9 Å². The zero-order valence-electron chi connectivity index (χ0n) is 21.1. The van der Waals surface area contributed by atoms with E-state index in [1.165, 1.54) is 28.7 Å². The number of benzene rings is 1. The predicted octanol–water partition coefficient (Wildman–Crippen LogP) is 2.77. The Morgan fingerprint density at radius 2 is 1.76 bits per heavy atom. The average molecular weight is 503 g/mol. The van der Waals surface area contributed by atoms with Crippen LogP contribution in [0.1, 0.15) is 39.8 Å². The number of fused-ring (bicyclic) bond motifs is 3. The van der Waals surface area contributed by atoms with E-state index in [9.17, 15) is 18.8 Å². The monoisotopic (exact) mass is 502 g/mol. The lowest BCUT2D eigenvalue weighted by atomic mass is 9.99. The maximum Gasteiger partial charge on any atom is 0.265 e. The molecule has 3 aromatic heterocycles. The largest absolute Gasteiger partial charge is 0.348 e. The van der Waals surface area contributed by atoms with Crippen LogP contribution in [0.15, 0.2) is 41.3 Å². The molecule has 0 aliphatic carbocycles. The van der Waals surface area contributed by atoms with Crippen molar-refractivity contribution < 1.29 is 14.0 Å². The number of amides is 2. The Hall–Kier alpha value is -4.21. The fraction of sp³-hybridized carbons (Fsp3) is 0.333. The Kier molecular flexibility index (Phi) is 5.97. The van der Waals surface area contributed by atoms with Gasteiger partial charge in [-0.05, 0) is 39.3 Å². The first-order chi connectivity index (χ1) is 17.5. The van der Waals surface area contributed by atoms with Gasteiger partial charge in [0.15, 0.2) is 0 Å². The quantitative estimate of drug-likeness (QED) is 0.420. The minimum absolute atomic E-state index is 0.0461. The number of carbonyl (C=O) groups excluding carboxylic acids is 2. The van der Waals surface area contributed by atoms with E-state index >= 15 is 0 Å². The normalized spacial score (nSPS) is 14.6. The topological polar surface area (TPSA) is 110 Å². The van der Waals surface area contributed by atoms with Crippen LogP contribution in [0.5, 0.6) is 0 Å². The molecular weight excluding hydrogens is 475 g/mol. The Morgan fingerprint density at radius 3 is 2.43 bits per heavy atom. The van der Waals surface area contributed by atoms with Gasteiger partial charge in [-0.1, -0.05) is 29.8 Å². The van der Waals surface area contributed by atoms with Gasteiger partial charge in [0.05, 0.1) is 30.7 Å². The van der Waals surface area contributed by atoms with E-state index in [0.29, 0.717) is 22.1 Å². The molecule has 5 rings (SSSR count). The molecule has 0 unspecified atom stereocenters. The van der Waals surface area contributed by atoms with Crippen molar-refractivity contribution >= 4 is 33.9 Å². The number of aryl methyl sites for hydroxylation is 3. The van der Waals surface area contributed by atoms with Crippen molar-refractivity contribution in [3.8, 4) is 0 Å². The van der Waals surface area contributed by atoms with Crippen molar-refractivity contribution in [3.05, 3.63) is 75.0 Å². The molecule has 0 spiro atoms. The molecule has 2 amide bonds. The Labute approximate surface area is 212 Å². The summed E-state index contributed by atoms with van der Waals surface area (Å²) in [4.78, 5) is 54.6. The van der Waals surface area contributed by atoms with E-state index in [1.54, 1.807) is 0 Å². The summed E-state index contributed by atoms with van der Waals surface area (Å²) >= 11 is 0. The molecule has 1 N–H and O–H groups in total. The van der Waals surface area contributed by atoms with Crippen molar-refractivity contribution in [1.29, 1.82) is 0 Å². The van der Waals surface area contributed by atoms with Crippen LogP contribution < -0.4 is 10.9 Å². The summed E-state index contributed by atoms with van der Waals surface area (Å²) in [5, 5.41) is 3.22. The number of carbonyl (C=O) groups is 2. The molecule has 10 heteroatoms. The van der Waals surface area contributed by atoms with Crippen LogP contribution in [-0.2, 0) is 17.9 Å². The molecular formula is C27H27FN6O3. The molecule has 37 heavy (non-hydrogen) atoms. The Balaban J connectivity index is 1.59. The SMILES string of the molecule is Cc1ccc(CNC(=O)c2cc3c4nc(C)c(C)nc4cnc3n(CC(=O)N3CC(C)(F)C3)c2=O)cc1. The maximum absolute atomic E-state index is 14.0. The number of pyridine rings is 2. The lowest BCUT2D eigenvalue weighted by Crippen LogP contribution is -2.60. The first-order valence-electron chi connectivity index (χ1n) is 12.0. The highest BCUT2D eigenvalue weighted by molar-refractivity contribution is 6.04. The van der Waals surface area contributed by atoms with Crippen LogP contribution in [-0.4, -0.2) is 55.0 Å². The molecule has 0 atom stereocenters. The van der Waals surface area contributed by atoms with Crippen LogP contribution >= 0.6 is 0 Å². The van der Waals surface area contributed by atoms with Crippen molar-refractivity contribution in [2.45, 2.75) is 46.5 Å². The second-order valence-corrected chi connectivity index (χ2v) is 9.90. The lowest BCUT2D eigenvalue weighted by Gasteiger charge is -2.42. The summed E-state index contributed by atoms with van der Waals surface area (Å²) in [6, 6.07) is 9.14. The van der Waals surface area contributed by atoms with E-state index in [-0.39, 0.29) is 37.4 Å². The van der Waals surface area contributed by atoms with Crippen molar-refractivity contribution in [2.24, 2.45) is 0 Å². The van der Waals surface area contributed by atoms with Crippen LogP contribution in [0, 0.1) is 20.8 Å². The van der Waals surface area contributed by atoms with Gasteiger partial charge in [0.2, 0.25) is 5.91 Å². The molecule has 0 bridgehead atoms. The Morgan fingerprint density at radius 1 is 1.08 bits per heavy atom. The average Bonchev–Trinajstić information content (AvgIpc) is 2.84. The summed E-state index contributed by atoms with van der Waals surface area (Å²) < 4.78 is 15.2. The fourth-order valence-corrected chi connectivity index (χ4v) is 4.46. The Bertz CT molecular complexity index is 1620. The van der Waals surface area contributed by atoms with Gasteiger partial charge in [-0.3, -0.25) is 19.0 Å². The molecule has 1 aliphatic rings. The molecule has 190 valence electrons. The number of nitrogens with one attached hydrogen (secondary N) is 1. The van der Waals surface area contributed by atoms with E-state index in [2.05, 4.69) is 20.3 Å². The van der Waals surface area contributed by atoms with Gasteiger partial charge in [-0.25, -0.2) is 19.3 Å². The summed E-state index contributed by atoms with van der Waals surface area (Å²) in [5.41, 5.74) is 2.36. The molecule has 4 aromatic rings. The third-order valence-corrected chi connectivity index (χ3v) is 6.66. The third-order valence-electron chi connectivity index (χ3n) is 6.66. The first-order valence-corrected chi connectivity index (χ1v) is 12.0. The number of nitrogens with zero attached hydrogens (tertiary/aromatic N) is 5. The highest BCUT2D eigenvalue weighted by atomic mass is 19.1.